The van der Waals surface area contributed by atoms with Crippen molar-refractivity contribution in [2.24, 2.45) is 0 Å². The second kappa shape index (κ2) is 46.4. The van der Waals surface area contributed by atoms with Crippen molar-refractivity contribution >= 4 is 16.4 Å². The van der Waals surface area contributed by atoms with E-state index in [0.717, 1.165) is 103 Å². The molecule has 1 fully saturated rings. The second-order valence-electron chi connectivity index (χ2n) is 18.1. The number of carbonyl (C=O) groups excluding carboxylic acids is 1. The lowest BCUT2D eigenvalue weighted by molar-refractivity contribution is -0.301. The van der Waals surface area contributed by atoms with E-state index >= 15 is 0 Å². The van der Waals surface area contributed by atoms with Crippen molar-refractivity contribution in [3.8, 4) is 0 Å². The fourth-order valence-corrected chi connectivity index (χ4v) is 8.24. The molecule has 1 heterocycles. The smallest absolute Gasteiger partial charge is 0.397 e. The molecule has 1 saturated heterocycles. The molecule has 0 bridgehead atoms. The summed E-state index contributed by atoms with van der Waals surface area (Å²) in [6.07, 6.45) is 53.2. The van der Waals surface area contributed by atoms with Crippen molar-refractivity contribution in [2.75, 3.05) is 26.4 Å². The van der Waals surface area contributed by atoms with Gasteiger partial charge >= 0.3 is 16.4 Å². The summed E-state index contributed by atoms with van der Waals surface area (Å²) in [6, 6.07) is 0. The molecular weight excluding hydrogens is 897 g/mol. The molecule has 0 aromatic rings. The molecule has 0 spiro atoms. The number of ether oxygens (including phenoxy) is 4. The number of rotatable bonds is 46. The van der Waals surface area contributed by atoms with Crippen LogP contribution in [0.25, 0.3) is 0 Å². The van der Waals surface area contributed by atoms with Crippen LogP contribution in [0.1, 0.15) is 200 Å². The third-order valence-electron chi connectivity index (χ3n) is 11.8. The maximum Gasteiger partial charge on any atom is 0.397 e. The summed E-state index contributed by atoms with van der Waals surface area (Å²) in [6.45, 7) is 3.84. The summed E-state index contributed by atoms with van der Waals surface area (Å²) in [5, 5.41) is 30.8. The third kappa shape index (κ3) is 39.6. The van der Waals surface area contributed by atoms with Crippen molar-refractivity contribution in [1.29, 1.82) is 0 Å². The summed E-state index contributed by atoms with van der Waals surface area (Å²) >= 11 is 0. The van der Waals surface area contributed by atoms with Gasteiger partial charge in [-0.15, -0.1) is 0 Å². The van der Waals surface area contributed by atoms with Crippen molar-refractivity contribution in [3.05, 3.63) is 85.1 Å². The van der Waals surface area contributed by atoms with Gasteiger partial charge in [0.05, 0.1) is 19.8 Å². The fraction of sp³-hybridized carbons (Fsp3) is 0.732. The molecule has 1 aliphatic rings. The zero-order chi connectivity index (χ0) is 50.3. The lowest BCUT2D eigenvalue weighted by Crippen LogP contribution is -2.60. The Morgan fingerprint density at radius 1 is 0.565 bits per heavy atom. The third-order valence-corrected chi connectivity index (χ3v) is 12.2. The topological polar surface area (TPSA) is 178 Å². The van der Waals surface area contributed by atoms with Crippen molar-refractivity contribution in [2.45, 2.75) is 237 Å². The summed E-state index contributed by atoms with van der Waals surface area (Å²) in [5.41, 5.74) is 0. The van der Waals surface area contributed by atoms with Crippen LogP contribution in [0.3, 0.4) is 0 Å². The number of hydrogen-bond acceptors (Lipinski definition) is 11. The highest BCUT2D eigenvalue weighted by Gasteiger charge is 2.48. The number of carbonyl (C=O) groups is 1. The Labute approximate surface area is 419 Å². The van der Waals surface area contributed by atoms with Crippen LogP contribution in [0.4, 0.5) is 0 Å². The first kappa shape index (κ1) is 64.3. The number of esters is 1. The van der Waals surface area contributed by atoms with Gasteiger partial charge in [0.1, 0.15) is 30.5 Å². The fourth-order valence-electron chi connectivity index (χ4n) is 7.73. The zero-order valence-electron chi connectivity index (χ0n) is 42.8. The second-order valence-corrected chi connectivity index (χ2v) is 19.1. The molecule has 1 aliphatic heterocycles. The molecule has 0 aliphatic carbocycles. The van der Waals surface area contributed by atoms with Gasteiger partial charge in [-0.2, -0.15) is 8.42 Å². The molecule has 69 heavy (non-hydrogen) atoms. The van der Waals surface area contributed by atoms with Crippen LogP contribution in [0.5, 0.6) is 0 Å². The Morgan fingerprint density at radius 3 is 1.46 bits per heavy atom. The molecular formula is C56H96O12S. The van der Waals surface area contributed by atoms with Gasteiger partial charge < -0.3 is 34.3 Å². The number of unbranched alkanes of at least 4 members (excludes halogenated alkanes) is 19. The van der Waals surface area contributed by atoms with E-state index in [-0.39, 0.29) is 19.6 Å². The molecule has 12 nitrogen and oxygen atoms in total. The molecule has 1 rings (SSSR count). The predicted molar refractivity (Wildman–Crippen MR) is 280 cm³/mol. The molecule has 6 unspecified atom stereocenters. The van der Waals surface area contributed by atoms with Crippen molar-refractivity contribution in [3.63, 3.8) is 0 Å². The Kier molecular flexibility index (Phi) is 43.2. The number of aliphatic hydroxyl groups is 3. The van der Waals surface area contributed by atoms with E-state index in [1.165, 1.54) is 70.6 Å². The highest BCUT2D eigenvalue weighted by atomic mass is 32.3. The van der Waals surface area contributed by atoms with E-state index in [0.29, 0.717) is 13.0 Å². The van der Waals surface area contributed by atoms with Gasteiger partial charge in [0, 0.05) is 13.0 Å². The molecule has 13 heteroatoms. The van der Waals surface area contributed by atoms with Gasteiger partial charge in [0.15, 0.2) is 6.29 Å². The molecule has 0 aromatic carbocycles. The SMILES string of the molecule is CC/C=C\C/C=C\C/C=C\C/C=C\C/C=C\CCCCCCCCCC(=O)OC(COCCCCCCCCCC/C=C\C/C=C\CCCCCC)COC1OC(CO)C(O)C(OS(=O)(=O)O)C1O. The van der Waals surface area contributed by atoms with Gasteiger partial charge in [0.2, 0.25) is 0 Å². The Bertz CT molecular complexity index is 1520. The van der Waals surface area contributed by atoms with Gasteiger partial charge in [-0.25, -0.2) is 4.18 Å². The van der Waals surface area contributed by atoms with E-state index in [1.807, 2.05) is 0 Å². The Morgan fingerprint density at radius 2 is 1.00 bits per heavy atom. The largest absolute Gasteiger partial charge is 0.457 e. The first-order chi connectivity index (χ1) is 33.6. The van der Waals surface area contributed by atoms with Crippen LogP contribution >= 0.6 is 0 Å². The molecule has 0 amide bonds. The van der Waals surface area contributed by atoms with Gasteiger partial charge in [-0.3, -0.25) is 9.35 Å². The lowest BCUT2D eigenvalue weighted by Gasteiger charge is -2.41. The average molecular weight is 993 g/mol. The van der Waals surface area contributed by atoms with Crippen molar-refractivity contribution in [1.82, 2.24) is 0 Å². The standard InChI is InChI=1S/C56H96O12S/c1-3-5-7-9-11-13-15-17-19-21-23-24-25-26-27-29-31-33-35-37-39-41-43-45-52(58)66-50(49-65-56-54(60)55(68-69(61,62)63)53(59)51(47-57)67-56)48-64-46-44-42-40-38-36-34-32-30-28-22-20-18-16-14-12-10-8-6-4-2/h5,7,11,13-14,16-17,19-20,22-24,26-27,50-51,53-57,59-60H,3-4,6,8-10,12,15,18,21,25,28-49H2,1-2H3,(H,61,62,63)/b7-5-,13-11-,16-14-,19-17-,22-20-,24-23-,27-26-. The van der Waals surface area contributed by atoms with Crippen LogP contribution in [0.2, 0.25) is 0 Å². The summed E-state index contributed by atoms with van der Waals surface area (Å²) in [4.78, 5) is 12.9. The Hall–Kier alpha value is -2.72. The van der Waals surface area contributed by atoms with Crippen LogP contribution in [0, 0.1) is 0 Å². The number of aliphatic hydroxyl groups excluding tert-OH is 3. The van der Waals surface area contributed by atoms with Crippen LogP contribution < -0.4 is 0 Å². The number of hydrogen-bond donors (Lipinski definition) is 4. The summed E-state index contributed by atoms with van der Waals surface area (Å²) < 4.78 is 59.3. The highest BCUT2D eigenvalue weighted by Crippen LogP contribution is 2.26. The van der Waals surface area contributed by atoms with Crippen LogP contribution in [-0.4, -0.2) is 97.5 Å². The van der Waals surface area contributed by atoms with Crippen LogP contribution in [0.15, 0.2) is 85.1 Å². The normalized spacial score (nSPS) is 19.9. The minimum atomic E-state index is -5.07. The monoisotopic (exact) mass is 993 g/mol. The van der Waals surface area contributed by atoms with Crippen LogP contribution in [-0.2, 0) is 38.3 Å². The van der Waals surface area contributed by atoms with Crippen molar-refractivity contribution < 1.29 is 56.2 Å². The highest BCUT2D eigenvalue weighted by molar-refractivity contribution is 7.80. The van der Waals surface area contributed by atoms with E-state index in [9.17, 15) is 33.1 Å². The summed E-state index contributed by atoms with van der Waals surface area (Å²) in [5.74, 6) is -0.415. The predicted octanol–water partition coefficient (Wildman–Crippen LogP) is 12.8. The maximum atomic E-state index is 12.9. The summed E-state index contributed by atoms with van der Waals surface area (Å²) in [7, 11) is -5.07. The van der Waals surface area contributed by atoms with Gasteiger partial charge in [-0.05, 0) is 89.9 Å². The van der Waals surface area contributed by atoms with E-state index in [1.54, 1.807) is 0 Å². The maximum absolute atomic E-state index is 12.9. The first-order valence-electron chi connectivity index (χ1n) is 26.8. The molecule has 4 N–H and O–H groups in total. The van der Waals surface area contributed by atoms with E-state index in [2.05, 4.69) is 103 Å². The molecule has 398 valence electrons. The minimum Gasteiger partial charge on any atom is -0.457 e. The number of allylic oxidation sites excluding steroid dienone is 14. The van der Waals surface area contributed by atoms with E-state index < -0.39 is 59.8 Å². The first-order valence-corrected chi connectivity index (χ1v) is 28.2. The quantitative estimate of drug-likeness (QED) is 0.0197. The van der Waals surface area contributed by atoms with Gasteiger partial charge in [0.25, 0.3) is 0 Å². The molecule has 0 aromatic heterocycles. The Balaban J connectivity index is 2.36. The molecule has 0 radical (unpaired) electrons. The molecule has 6 atom stereocenters. The lowest BCUT2D eigenvalue weighted by atomic mass is 9.99. The minimum absolute atomic E-state index is 0.0228. The average Bonchev–Trinajstić information content (AvgIpc) is 3.32. The van der Waals surface area contributed by atoms with E-state index in [4.69, 9.17) is 18.9 Å². The zero-order valence-corrected chi connectivity index (χ0v) is 43.7. The molecule has 0 saturated carbocycles. The van der Waals surface area contributed by atoms with Gasteiger partial charge in [-0.1, -0.05) is 189 Å².